The molecule has 2 N–H and O–H groups in total. The lowest BCUT2D eigenvalue weighted by Gasteiger charge is -2.14. The van der Waals surface area contributed by atoms with Crippen molar-refractivity contribution < 1.29 is 23.9 Å². The van der Waals surface area contributed by atoms with E-state index in [9.17, 15) is 14.4 Å². The molecule has 0 radical (unpaired) electrons. The summed E-state index contributed by atoms with van der Waals surface area (Å²) in [5, 5.41) is 5.98. The minimum absolute atomic E-state index is 0.210. The minimum Gasteiger partial charge on any atom is -0.497 e. The van der Waals surface area contributed by atoms with Gasteiger partial charge in [0.2, 0.25) is 0 Å². The van der Waals surface area contributed by atoms with Crippen molar-refractivity contribution in [3.63, 3.8) is 0 Å². The van der Waals surface area contributed by atoms with Crippen LogP contribution < -0.4 is 15.4 Å². The first-order valence-corrected chi connectivity index (χ1v) is 12.5. The van der Waals surface area contributed by atoms with Crippen LogP contribution in [0.5, 0.6) is 5.75 Å². The predicted molar refractivity (Wildman–Crippen MR) is 144 cm³/mol. The van der Waals surface area contributed by atoms with Crippen LogP contribution in [0.3, 0.4) is 0 Å². The maximum absolute atomic E-state index is 13.3. The Morgan fingerprint density at radius 3 is 2.19 bits per heavy atom. The molecule has 0 saturated carbocycles. The maximum Gasteiger partial charge on any atom is 0.278 e. The molecule has 3 aromatic carbocycles. The number of rotatable bonds is 11. The Labute approximate surface area is 219 Å². The number of amides is 3. The van der Waals surface area contributed by atoms with Gasteiger partial charge in [-0.2, -0.15) is 0 Å². The highest BCUT2D eigenvalue weighted by Crippen LogP contribution is 2.36. The molecule has 8 nitrogen and oxygen atoms in total. The highest BCUT2D eigenvalue weighted by atomic mass is 32.2. The van der Waals surface area contributed by atoms with E-state index in [1.54, 1.807) is 87.0 Å². The van der Waals surface area contributed by atoms with Crippen molar-refractivity contribution in [2.24, 2.45) is 0 Å². The first-order valence-electron chi connectivity index (χ1n) is 11.6. The van der Waals surface area contributed by atoms with E-state index in [2.05, 4.69) is 10.6 Å². The van der Waals surface area contributed by atoms with Gasteiger partial charge in [0.1, 0.15) is 16.4 Å². The van der Waals surface area contributed by atoms with Crippen molar-refractivity contribution in [1.82, 2.24) is 4.90 Å². The summed E-state index contributed by atoms with van der Waals surface area (Å²) in [7, 11) is 3.16. The fraction of sp³-hybridized carbons (Fsp3) is 0.179. The second-order valence-corrected chi connectivity index (χ2v) is 9.20. The van der Waals surface area contributed by atoms with E-state index in [1.165, 1.54) is 16.7 Å². The molecule has 4 rings (SSSR count). The van der Waals surface area contributed by atoms with Crippen molar-refractivity contribution >= 4 is 40.9 Å². The topological polar surface area (TPSA) is 97.0 Å². The fourth-order valence-electron chi connectivity index (χ4n) is 3.66. The van der Waals surface area contributed by atoms with Crippen molar-refractivity contribution in [3.8, 4) is 5.75 Å². The van der Waals surface area contributed by atoms with Gasteiger partial charge in [-0.15, -0.1) is 0 Å². The number of carbonyl (C=O) groups is 3. The average molecular weight is 518 g/mol. The fourth-order valence-corrected chi connectivity index (χ4v) is 4.61. The molecule has 0 saturated heterocycles. The van der Waals surface area contributed by atoms with Crippen molar-refractivity contribution in [2.75, 3.05) is 38.0 Å². The zero-order chi connectivity index (χ0) is 26.2. The SMILES string of the molecule is COCCCN1C(=O)C(Nc2ccc(OC)cc2)=C(Sc2ccc(NC(=O)c3ccccc3)cc2)C1=O. The number of methoxy groups -OCH3 is 2. The lowest BCUT2D eigenvalue weighted by molar-refractivity contribution is -0.137. The molecule has 0 aromatic heterocycles. The van der Waals surface area contributed by atoms with Crippen molar-refractivity contribution in [2.45, 2.75) is 11.3 Å². The number of ether oxygens (including phenoxy) is 2. The van der Waals surface area contributed by atoms with E-state index >= 15 is 0 Å². The molecule has 0 spiro atoms. The third kappa shape index (κ3) is 6.38. The molecule has 1 aliphatic rings. The largest absolute Gasteiger partial charge is 0.497 e. The third-order valence-electron chi connectivity index (χ3n) is 5.58. The highest BCUT2D eigenvalue weighted by Gasteiger charge is 2.38. The summed E-state index contributed by atoms with van der Waals surface area (Å²) in [5.41, 5.74) is 2.06. The van der Waals surface area contributed by atoms with Gasteiger partial charge in [0.25, 0.3) is 17.7 Å². The summed E-state index contributed by atoms with van der Waals surface area (Å²) in [6.07, 6.45) is 0.539. The minimum atomic E-state index is -0.383. The van der Waals surface area contributed by atoms with Crippen LogP contribution in [0.25, 0.3) is 0 Å². The average Bonchev–Trinajstić information content (AvgIpc) is 3.14. The standard InChI is InChI=1S/C28H27N3O5S/c1-35-18-6-17-31-27(33)24(29-20-9-13-22(36-2)14-10-20)25(28(31)34)37-23-15-11-21(12-16-23)30-26(32)19-7-4-3-5-8-19/h3-5,7-16,29H,6,17-18H2,1-2H3,(H,30,32). The Bertz CT molecular complexity index is 1290. The van der Waals surface area contributed by atoms with Crippen LogP contribution in [0.1, 0.15) is 16.8 Å². The van der Waals surface area contributed by atoms with Crippen molar-refractivity contribution in [1.29, 1.82) is 0 Å². The highest BCUT2D eigenvalue weighted by molar-refractivity contribution is 8.04. The quantitative estimate of drug-likeness (QED) is 0.279. The van der Waals surface area contributed by atoms with E-state index in [-0.39, 0.29) is 30.0 Å². The first-order chi connectivity index (χ1) is 18.0. The van der Waals surface area contributed by atoms with Gasteiger partial charge in [-0.3, -0.25) is 19.3 Å². The summed E-state index contributed by atoms with van der Waals surface area (Å²) in [4.78, 5) is 41.2. The van der Waals surface area contributed by atoms with Gasteiger partial charge in [-0.05, 0) is 67.1 Å². The second kappa shape index (κ2) is 12.2. The maximum atomic E-state index is 13.3. The van der Waals surface area contributed by atoms with Crippen LogP contribution >= 0.6 is 11.8 Å². The monoisotopic (exact) mass is 517 g/mol. The molecule has 0 unspecified atom stereocenters. The zero-order valence-corrected chi connectivity index (χ0v) is 21.3. The van der Waals surface area contributed by atoms with Gasteiger partial charge in [0, 0.05) is 42.1 Å². The number of nitrogens with zero attached hydrogens (tertiary/aromatic N) is 1. The van der Waals surface area contributed by atoms with Crippen LogP contribution in [-0.2, 0) is 14.3 Å². The molecule has 0 bridgehead atoms. The smallest absolute Gasteiger partial charge is 0.278 e. The molecular weight excluding hydrogens is 490 g/mol. The van der Waals surface area contributed by atoms with E-state index in [0.717, 1.165) is 4.90 Å². The molecule has 190 valence electrons. The number of imide groups is 1. The Morgan fingerprint density at radius 2 is 1.54 bits per heavy atom. The van der Waals surface area contributed by atoms with Crippen LogP contribution in [0, 0.1) is 0 Å². The Hall–Kier alpha value is -4.08. The second-order valence-electron chi connectivity index (χ2n) is 8.11. The van der Waals surface area contributed by atoms with Gasteiger partial charge in [-0.1, -0.05) is 30.0 Å². The molecule has 0 fully saturated rings. The molecule has 1 heterocycles. The number of nitrogens with one attached hydrogen (secondary N) is 2. The molecular formula is C28H27N3O5S. The molecule has 37 heavy (non-hydrogen) atoms. The lowest BCUT2D eigenvalue weighted by Crippen LogP contribution is -2.33. The Morgan fingerprint density at radius 1 is 0.865 bits per heavy atom. The summed E-state index contributed by atoms with van der Waals surface area (Å²) in [6, 6.07) is 23.2. The first kappa shape index (κ1) is 26.0. The van der Waals surface area contributed by atoms with Crippen LogP contribution in [-0.4, -0.2) is 50.0 Å². The number of carbonyl (C=O) groups excluding carboxylic acids is 3. The molecule has 0 aliphatic carbocycles. The van der Waals surface area contributed by atoms with Gasteiger partial charge in [0.15, 0.2) is 0 Å². The molecule has 9 heteroatoms. The van der Waals surface area contributed by atoms with Gasteiger partial charge >= 0.3 is 0 Å². The third-order valence-corrected chi connectivity index (χ3v) is 6.67. The van der Waals surface area contributed by atoms with Crippen molar-refractivity contribution in [3.05, 3.63) is 95.0 Å². The predicted octanol–water partition coefficient (Wildman–Crippen LogP) is 4.77. The number of benzene rings is 3. The van der Waals surface area contributed by atoms with E-state index < -0.39 is 0 Å². The number of thioether (sulfide) groups is 1. The summed E-state index contributed by atoms with van der Waals surface area (Å²) in [6.45, 7) is 0.699. The summed E-state index contributed by atoms with van der Waals surface area (Å²) in [5.74, 6) is -0.267. The molecule has 0 atom stereocenters. The molecule has 3 aromatic rings. The number of anilines is 2. The number of hydrogen-bond donors (Lipinski definition) is 2. The Balaban J connectivity index is 1.53. The van der Waals surface area contributed by atoms with E-state index in [4.69, 9.17) is 9.47 Å². The normalized spacial score (nSPS) is 13.2. The molecule has 1 aliphatic heterocycles. The van der Waals surface area contributed by atoms with Crippen LogP contribution in [0.4, 0.5) is 11.4 Å². The van der Waals surface area contributed by atoms with Gasteiger partial charge < -0.3 is 20.1 Å². The number of hydrogen-bond acceptors (Lipinski definition) is 7. The summed E-state index contributed by atoms with van der Waals surface area (Å²) >= 11 is 1.20. The van der Waals surface area contributed by atoms with Gasteiger partial charge in [0.05, 0.1) is 7.11 Å². The summed E-state index contributed by atoms with van der Waals surface area (Å²) < 4.78 is 10.3. The van der Waals surface area contributed by atoms with Gasteiger partial charge in [-0.25, -0.2) is 0 Å². The van der Waals surface area contributed by atoms with E-state index in [0.29, 0.717) is 40.6 Å². The Kier molecular flexibility index (Phi) is 8.60. The van der Waals surface area contributed by atoms with Crippen LogP contribution in [0.15, 0.2) is 94.4 Å². The van der Waals surface area contributed by atoms with E-state index in [1.807, 2.05) is 6.07 Å². The molecule has 3 amide bonds. The lowest BCUT2D eigenvalue weighted by atomic mass is 10.2. The van der Waals surface area contributed by atoms with Crippen LogP contribution in [0.2, 0.25) is 0 Å². The zero-order valence-electron chi connectivity index (χ0n) is 20.5.